The van der Waals surface area contributed by atoms with Gasteiger partial charge in [0.2, 0.25) is 10.0 Å². The third-order valence-corrected chi connectivity index (χ3v) is 5.81. The minimum absolute atomic E-state index is 0.135. The smallest absolute Gasteiger partial charge is 0.262 e. The fraction of sp³-hybridized carbons (Fsp3) is 0.208. The van der Waals surface area contributed by atoms with Crippen molar-refractivity contribution in [2.75, 3.05) is 22.5 Å². The molecule has 0 unspecified atom stereocenters. The van der Waals surface area contributed by atoms with Crippen molar-refractivity contribution in [3.8, 4) is 5.75 Å². The number of ether oxygens (including phenoxy) is 1. The SMILES string of the molecule is Cc1cc(C)cc(NC(=O)COc2ccc(N(Cc3ccccc3F)S(C)(=O)=O)cc2)c1. The average Bonchev–Trinajstić information content (AvgIpc) is 2.70. The Bertz CT molecular complexity index is 1190. The second-order valence-electron chi connectivity index (χ2n) is 7.57. The molecule has 0 saturated heterocycles. The first-order valence-corrected chi connectivity index (χ1v) is 11.8. The largest absolute Gasteiger partial charge is 0.484 e. The van der Waals surface area contributed by atoms with Gasteiger partial charge in [0.1, 0.15) is 11.6 Å². The number of hydrogen-bond acceptors (Lipinski definition) is 4. The fourth-order valence-corrected chi connectivity index (χ4v) is 4.16. The van der Waals surface area contributed by atoms with E-state index < -0.39 is 15.8 Å². The maximum absolute atomic E-state index is 14.0. The van der Waals surface area contributed by atoms with Gasteiger partial charge in [-0.2, -0.15) is 0 Å². The summed E-state index contributed by atoms with van der Waals surface area (Å²) in [6.45, 7) is 3.57. The summed E-state index contributed by atoms with van der Waals surface area (Å²) < 4.78 is 45.2. The first kappa shape index (κ1) is 23.3. The molecule has 0 fully saturated rings. The van der Waals surface area contributed by atoms with Crippen molar-refractivity contribution < 1.29 is 22.3 Å². The van der Waals surface area contributed by atoms with Crippen LogP contribution in [0.25, 0.3) is 0 Å². The van der Waals surface area contributed by atoms with Crippen molar-refractivity contribution in [1.29, 1.82) is 0 Å². The zero-order valence-corrected chi connectivity index (χ0v) is 18.9. The number of aryl methyl sites for hydroxylation is 2. The van der Waals surface area contributed by atoms with Crippen LogP contribution in [0.5, 0.6) is 5.75 Å². The van der Waals surface area contributed by atoms with Crippen LogP contribution >= 0.6 is 0 Å². The van der Waals surface area contributed by atoms with E-state index in [2.05, 4.69) is 5.32 Å². The van der Waals surface area contributed by atoms with Crippen molar-refractivity contribution in [2.45, 2.75) is 20.4 Å². The van der Waals surface area contributed by atoms with Gasteiger partial charge in [0.25, 0.3) is 5.91 Å². The number of nitrogens with one attached hydrogen (secondary N) is 1. The van der Waals surface area contributed by atoms with E-state index in [9.17, 15) is 17.6 Å². The van der Waals surface area contributed by atoms with Crippen LogP contribution in [0.4, 0.5) is 15.8 Å². The van der Waals surface area contributed by atoms with Crippen LogP contribution in [0.1, 0.15) is 16.7 Å². The van der Waals surface area contributed by atoms with Crippen LogP contribution in [-0.2, 0) is 21.4 Å². The number of sulfonamides is 1. The molecule has 3 aromatic carbocycles. The summed E-state index contributed by atoms with van der Waals surface area (Å²) in [5.41, 5.74) is 3.41. The predicted octanol–water partition coefficient (Wildman–Crippen LogP) is 4.43. The van der Waals surface area contributed by atoms with Crippen LogP contribution in [0.3, 0.4) is 0 Å². The van der Waals surface area contributed by atoms with Gasteiger partial charge in [-0.25, -0.2) is 12.8 Å². The van der Waals surface area contributed by atoms with Gasteiger partial charge in [-0.3, -0.25) is 9.10 Å². The molecular formula is C24H25FN2O4S. The summed E-state index contributed by atoms with van der Waals surface area (Å²) in [4.78, 5) is 12.2. The fourth-order valence-electron chi connectivity index (χ4n) is 3.28. The highest BCUT2D eigenvalue weighted by Gasteiger charge is 2.19. The van der Waals surface area contributed by atoms with E-state index in [1.165, 1.54) is 6.07 Å². The number of carbonyl (C=O) groups is 1. The third-order valence-electron chi connectivity index (χ3n) is 4.67. The Hall–Kier alpha value is -3.39. The lowest BCUT2D eigenvalue weighted by atomic mass is 10.1. The van der Waals surface area contributed by atoms with E-state index in [4.69, 9.17) is 4.74 Å². The summed E-state index contributed by atoms with van der Waals surface area (Å²) in [5, 5.41) is 2.79. The van der Waals surface area contributed by atoms with Gasteiger partial charge >= 0.3 is 0 Å². The van der Waals surface area contributed by atoms with Gasteiger partial charge in [0.15, 0.2) is 6.61 Å². The molecule has 32 heavy (non-hydrogen) atoms. The topological polar surface area (TPSA) is 75.7 Å². The van der Waals surface area contributed by atoms with E-state index >= 15 is 0 Å². The third kappa shape index (κ3) is 6.31. The molecule has 0 bridgehead atoms. The number of anilines is 2. The molecule has 168 valence electrons. The molecular weight excluding hydrogens is 431 g/mol. The second kappa shape index (κ2) is 9.82. The van der Waals surface area contributed by atoms with Crippen LogP contribution in [-0.4, -0.2) is 27.2 Å². The molecule has 0 radical (unpaired) electrons. The van der Waals surface area contributed by atoms with Crippen molar-refractivity contribution in [1.82, 2.24) is 0 Å². The first-order chi connectivity index (χ1) is 15.1. The quantitative estimate of drug-likeness (QED) is 0.544. The lowest BCUT2D eigenvalue weighted by molar-refractivity contribution is -0.118. The molecule has 3 aromatic rings. The molecule has 0 aliphatic heterocycles. The van der Waals surface area contributed by atoms with Gasteiger partial charge < -0.3 is 10.1 Å². The van der Waals surface area contributed by atoms with Gasteiger partial charge in [-0.05, 0) is 67.4 Å². The van der Waals surface area contributed by atoms with E-state index in [1.54, 1.807) is 42.5 Å². The molecule has 0 spiro atoms. The van der Waals surface area contributed by atoms with Crippen LogP contribution in [0, 0.1) is 19.7 Å². The summed E-state index contributed by atoms with van der Waals surface area (Å²) in [6, 6.07) is 18.0. The zero-order valence-electron chi connectivity index (χ0n) is 18.1. The Morgan fingerprint density at radius 3 is 2.22 bits per heavy atom. The van der Waals surface area contributed by atoms with Gasteiger partial charge in [-0.1, -0.05) is 24.3 Å². The van der Waals surface area contributed by atoms with Crippen molar-refractivity contribution in [2.24, 2.45) is 0 Å². The van der Waals surface area contributed by atoms with Gasteiger partial charge in [0, 0.05) is 11.3 Å². The number of benzene rings is 3. The van der Waals surface area contributed by atoms with Crippen LogP contribution in [0.15, 0.2) is 66.7 Å². The molecule has 0 saturated carbocycles. The number of halogens is 1. The maximum Gasteiger partial charge on any atom is 0.262 e. The predicted molar refractivity (Wildman–Crippen MR) is 124 cm³/mol. The molecule has 0 atom stereocenters. The van der Waals surface area contributed by atoms with Gasteiger partial charge in [0.05, 0.1) is 18.5 Å². The van der Waals surface area contributed by atoms with Gasteiger partial charge in [-0.15, -0.1) is 0 Å². The number of carbonyl (C=O) groups excluding carboxylic acids is 1. The highest BCUT2D eigenvalue weighted by atomic mass is 32.2. The standard InChI is InChI=1S/C24H25FN2O4S/c1-17-12-18(2)14-20(13-17)26-24(28)16-31-22-10-8-21(9-11-22)27(32(3,29)30)15-19-6-4-5-7-23(19)25/h4-14H,15-16H2,1-3H3,(H,26,28). The Kier molecular flexibility index (Phi) is 7.15. The maximum atomic E-state index is 14.0. The molecule has 1 amide bonds. The molecule has 0 heterocycles. The van der Waals surface area contributed by atoms with Crippen LogP contribution in [0.2, 0.25) is 0 Å². The number of nitrogens with zero attached hydrogens (tertiary/aromatic N) is 1. The lowest BCUT2D eigenvalue weighted by Gasteiger charge is -2.23. The Morgan fingerprint density at radius 1 is 1.00 bits per heavy atom. The van der Waals surface area contributed by atoms with Crippen LogP contribution < -0.4 is 14.4 Å². The summed E-state index contributed by atoms with van der Waals surface area (Å²) in [5.74, 6) is -0.379. The molecule has 8 heteroatoms. The summed E-state index contributed by atoms with van der Waals surface area (Å²) in [6.07, 6.45) is 1.07. The molecule has 0 aliphatic carbocycles. The Balaban J connectivity index is 1.66. The van der Waals surface area contributed by atoms with E-state index in [0.29, 0.717) is 17.1 Å². The molecule has 1 N–H and O–H groups in total. The first-order valence-electron chi connectivity index (χ1n) is 9.94. The van der Waals surface area contributed by atoms with E-state index in [-0.39, 0.29) is 24.6 Å². The zero-order chi connectivity index (χ0) is 23.3. The number of hydrogen-bond donors (Lipinski definition) is 1. The molecule has 0 aromatic heterocycles. The summed E-state index contributed by atoms with van der Waals surface area (Å²) in [7, 11) is -3.65. The highest BCUT2D eigenvalue weighted by Crippen LogP contribution is 2.24. The Labute approximate surface area is 187 Å². The normalized spacial score (nSPS) is 11.1. The lowest BCUT2D eigenvalue weighted by Crippen LogP contribution is -2.29. The minimum Gasteiger partial charge on any atom is -0.484 e. The molecule has 0 aliphatic rings. The molecule has 6 nitrogen and oxygen atoms in total. The highest BCUT2D eigenvalue weighted by molar-refractivity contribution is 7.92. The van der Waals surface area contributed by atoms with Crippen molar-refractivity contribution in [3.05, 3.63) is 89.2 Å². The van der Waals surface area contributed by atoms with E-state index in [1.807, 2.05) is 32.0 Å². The second-order valence-corrected chi connectivity index (χ2v) is 9.47. The molecule has 3 rings (SSSR count). The number of amides is 1. The minimum atomic E-state index is -3.65. The average molecular weight is 457 g/mol. The van der Waals surface area contributed by atoms with Crippen molar-refractivity contribution >= 4 is 27.3 Å². The summed E-state index contributed by atoms with van der Waals surface area (Å²) >= 11 is 0. The Morgan fingerprint density at radius 2 is 1.62 bits per heavy atom. The number of rotatable bonds is 8. The van der Waals surface area contributed by atoms with Crippen molar-refractivity contribution in [3.63, 3.8) is 0 Å². The van der Waals surface area contributed by atoms with E-state index in [0.717, 1.165) is 21.7 Å². The monoisotopic (exact) mass is 456 g/mol.